The van der Waals surface area contributed by atoms with E-state index in [0.29, 0.717) is 5.92 Å². The fraction of sp³-hybridized carbons (Fsp3) is 0.412. The quantitative estimate of drug-likeness (QED) is 0.508. The summed E-state index contributed by atoms with van der Waals surface area (Å²) in [5, 5.41) is 4.04. The maximum Gasteiger partial charge on any atom is 0.244 e. The van der Waals surface area contributed by atoms with Gasteiger partial charge in [-0.25, -0.2) is 5.43 Å². The number of allylic oxidation sites excluding steroid dienone is 2. The van der Waals surface area contributed by atoms with Crippen molar-refractivity contribution in [2.24, 2.45) is 22.4 Å². The molecule has 0 saturated heterocycles. The van der Waals surface area contributed by atoms with Gasteiger partial charge in [-0.2, -0.15) is 5.10 Å². The van der Waals surface area contributed by atoms with Gasteiger partial charge < -0.3 is 0 Å². The molecule has 0 bridgehead atoms. The van der Waals surface area contributed by atoms with Crippen LogP contribution in [0.4, 0.5) is 0 Å². The maximum absolute atomic E-state index is 12.1. The molecule has 2 unspecified atom stereocenters. The molecule has 1 aromatic carbocycles. The molecule has 1 aliphatic rings. The van der Waals surface area contributed by atoms with Crippen LogP contribution in [-0.4, -0.2) is 12.1 Å². The summed E-state index contributed by atoms with van der Waals surface area (Å²) in [7, 11) is 0. The monoisotopic (exact) mass is 270 g/mol. The van der Waals surface area contributed by atoms with Crippen LogP contribution in [0.5, 0.6) is 0 Å². The molecule has 0 aromatic heterocycles. The molecule has 1 saturated carbocycles. The average Bonchev–Trinajstić information content (AvgIpc) is 2.91. The smallest absolute Gasteiger partial charge is 0.244 e. The predicted octanol–water partition coefficient (Wildman–Crippen LogP) is 3.38. The summed E-state index contributed by atoms with van der Waals surface area (Å²) < 4.78 is 0. The molecule has 1 aromatic rings. The van der Waals surface area contributed by atoms with E-state index >= 15 is 0 Å². The molecule has 3 heteroatoms. The molecule has 1 aliphatic carbocycles. The van der Waals surface area contributed by atoms with Crippen molar-refractivity contribution in [2.45, 2.75) is 27.7 Å². The normalized spacial score (nSPS) is 23.4. The molecule has 0 spiro atoms. The summed E-state index contributed by atoms with van der Waals surface area (Å²) in [6.07, 6.45) is 3.86. The van der Waals surface area contributed by atoms with E-state index in [1.54, 1.807) is 6.21 Å². The Morgan fingerprint density at radius 3 is 2.50 bits per heavy atom. The molecule has 1 fully saturated rings. The molecule has 0 aliphatic heterocycles. The third kappa shape index (κ3) is 3.16. The minimum absolute atomic E-state index is 0.00433. The number of benzene rings is 1. The van der Waals surface area contributed by atoms with Gasteiger partial charge in [0, 0.05) is 0 Å². The van der Waals surface area contributed by atoms with Crippen molar-refractivity contribution < 1.29 is 4.79 Å². The largest absolute Gasteiger partial charge is 0.273 e. The number of carbonyl (C=O) groups excluding carboxylic acids is 1. The van der Waals surface area contributed by atoms with Gasteiger partial charge in [-0.3, -0.25) is 4.79 Å². The van der Waals surface area contributed by atoms with E-state index in [9.17, 15) is 4.79 Å². The van der Waals surface area contributed by atoms with Crippen LogP contribution in [-0.2, 0) is 4.79 Å². The predicted molar refractivity (Wildman–Crippen MR) is 82.4 cm³/mol. The van der Waals surface area contributed by atoms with Crippen LogP contribution in [0.3, 0.4) is 0 Å². The Hall–Kier alpha value is -1.90. The zero-order valence-electron chi connectivity index (χ0n) is 12.6. The van der Waals surface area contributed by atoms with Crippen molar-refractivity contribution in [1.29, 1.82) is 0 Å². The summed E-state index contributed by atoms with van der Waals surface area (Å²) in [5.41, 5.74) is 4.92. The van der Waals surface area contributed by atoms with Crippen LogP contribution in [0.15, 0.2) is 47.1 Å². The lowest BCUT2D eigenvalue weighted by Crippen LogP contribution is -2.21. The molecule has 20 heavy (non-hydrogen) atoms. The number of nitrogens with one attached hydrogen (secondary N) is 1. The molecule has 2 rings (SSSR count). The van der Waals surface area contributed by atoms with Crippen molar-refractivity contribution in [3.63, 3.8) is 0 Å². The van der Waals surface area contributed by atoms with E-state index in [0.717, 1.165) is 5.56 Å². The van der Waals surface area contributed by atoms with Crippen LogP contribution in [0.1, 0.15) is 33.3 Å². The van der Waals surface area contributed by atoms with Crippen molar-refractivity contribution in [1.82, 2.24) is 5.43 Å². The number of hydrazone groups is 1. The minimum Gasteiger partial charge on any atom is -0.273 e. The van der Waals surface area contributed by atoms with E-state index in [1.807, 2.05) is 30.3 Å². The Kier molecular flexibility index (Phi) is 4.07. The van der Waals surface area contributed by atoms with Crippen LogP contribution in [0.25, 0.3) is 0 Å². The van der Waals surface area contributed by atoms with Crippen molar-refractivity contribution in [2.75, 3.05) is 0 Å². The lowest BCUT2D eigenvalue weighted by atomic mass is 10.1. The van der Waals surface area contributed by atoms with Gasteiger partial charge >= 0.3 is 0 Å². The lowest BCUT2D eigenvalue weighted by molar-refractivity contribution is -0.123. The van der Waals surface area contributed by atoms with E-state index < -0.39 is 0 Å². The fourth-order valence-corrected chi connectivity index (χ4v) is 2.63. The summed E-state index contributed by atoms with van der Waals surface area (Å²) in [6, 6.07) is 9.73. The molecule has 0 radical (unpaired) electrons. The molecular weight excluding hydrogens is 248 g/mol. The third-order valence-electron chi connectivity index (χ3n) is 3.89. The lowest BCUT2D eigenvalue weighted by Gasteiger charge is -2.00. The highest BCUT2D eigenvalue weighted by molar-refractivity contribution is 5.86. The second-order valence-electron chi connectivity index (χ2n) is 6.21. The number of rotatable bonds is 4. The molecule has 2 atom stereocenters. The first-order valence-electron chi connectivity index (χ1n) is 6.96. The van der Waals surface area contributed by atoms with Crippen molar-refractivity contribution in [3.8, 4) is 0 Å². The second-order valence-corrected chi connectivity index (χ2v) is 6.21. The van der Waals surface area contributed by atoms with Crippen LogP contribution >= 0.6 is 0 Å². The zero-order chi connectivity index (χ0) is 14.8. The fourth-order valence-electron chi connectivity index (χ4n) is 2.63. The van der Waals surface area contributed by atoms with Gasteiger partial charge in [0.25, 0.3) is 0 Å². The summed E-state index contributed by atoms with van der Waals surface area (Å²) >= 11 is 0. The first-order chi connectivity index (χ1) is 9.43. The highest BCUT2D eigenvalue weighted by Crippen LogP contribution is 2.59. The number of carbonyl (C=O) groups is 1. The van der Waals surface area contributed by atoms with E-state index in [2.05, 4.69) is 44.3 Å². The van der Waals surface area contributed by atoms with E-state index in [-0.39, 0.29) is 17.2 Å². The summed E-state index contributed by atoms with van der Waals surface area (Å²) in [6.45, 7) is 8.39. The second kappa shape index (κ2) is 5.61. The minimum atomic E-state index is 0.00433. The number of hydrogen-bond donors (Lipinski definition) is 1. The van der Waals surface area contributed by atoms with Gasteiger partial charge in [0.2, 0.25) is 5.91 Å². The van der Waals surface area contributed by atoms with Gasteiger partial charge in [-0.1, -0.05) is 55.8 Å². The van der Waals surface area contributed by atoms with Crippen LogP contribution < -0.4 is 5.43 Å². The molecule has 3 nitrogen and oxygen atoms in total. The van der Waals surface area contributed by atoms with Gasteiger partial charge in [0.1, 0.15) is 0 Å². The molecular formula is C17H22N2O. The zero-order valence-corrected chi connectivity index (χ0v) is 12.6. The Balaban J connectivity index is 1.94. The topological polar surface area (TPSA) is 41.5 Å². The first kappa shape index (κ1) is 14.5. The van der Waals surface area contributed by atoms with Crippen molar-refractivity contribution in [3.05, 3.63) is 47.5 Å². The van der Waals surface area contributed by atoms with Gasteiger partial charge in [-0.15, -0.1) is 0 Å². The SMILES string of the molecule is CC(C)=CC1C(C(=O)N/N=C/c2ccccc2)C1(C)C. The summed E-state index contributed by atoms with van der Waals surface area (Å²) in [5.74, 6) is 0.342. The molecule has 1 amide bonds. The standard InChI is InChI=1S/C17H22N2O/c1-12(2)10-14-15(17(14,3)4)16(20)19-18-11-13-8-6-5-7-9-13/h5-11,14-15H,1-4H3,(H,19,20)/b18-11+. The average molecular weight is 270 g/mol. The van der Waals surface area contributed by atoms with E-state index in [1.165, 1.54) is 5.57 Å². The van der Waals surface area contributed by atoms with Crippen LogP contribution in [0, 0.1) is 17.3 Å². The molecule has 106 valence electrons. The molecule has 1 N–H and O–H groups in total. The Labute approximate surface area is 120 Å². The Morgan fingerprint density at radius 2 is 1.90 bits per heavy atom. The molecule has 0 heterocycles. The van der Waals surface area contributed by atoms with E-state index in [4.69, 9.17) is 0 Å². The number of amides is 1. The Morgan fingerprint density at radius 1 is 1.25 bits per heavy atom. The van der Waals surface area contributed by atoms with Crippen molar-refractivity contribution >= 4 is 12.1 Å². The number of hydrogen-bond acceptors (Lipinski definition) is 2. The number of nitrogens with zero attached hydrogens (tertiary/aromatic N) is 1. The summed E-state index contributed by atoms with van der Waals surface area (Å²) in [4.78, 5) is 12.1. The van der Waals surface area contributed by atoms with Gasteiger partial charge in [-0.05, 0) is 30.7 Å². The maximum atomic E-state index is 12.1. The van der Waals surface area contributed by atoms with Gasteiger partial charge in [0.15, 0.2) is 0 Å². The first-order valence-corrected chi connectivity index (χ1v) is 6.96. The third-order valence-corrected chi connectivity index (χ3v) is 3.89. The van der Waals surface area contributed by atoms with Gasteiger partial charge in [0.05, 0.1) is 12.1 Å². The van der Waals surface area contributed by atoms with Crippen LogP contribution in [0.2, 0.25) is 0 Å². The highest BCUT2D eigenvalue weighted by atomic mass is 16.2. The Bertz CT molecular complexity index is 539. The highest BCUT2D eigenvalue weighted by Gasteiger charge is 2.60.